The van der Waals surface area contributed by atoms with E-state index in [1.54, 1.807) is 0 Å². The first kappa shape index (κ1) is 11.3. The molecule has 0 aromatic carbocycles. The summed E-state index contributed by atoms with van der Waals surface area (Å²) in [6.07, 6.45) is 2.89. The fourth-order valence-corrected chi connectivity index (χ4v) is 0.391. The number of rotatable bonds is 2. The van der Waals surface area contributed by atoms with Crippen LogP contribution in [0.4, 0.5) is 0 Å². The van der Waals surface area contributed by atoms with Gasteiger partial charge in [0.2, 0.25) is 0 Å². The second kappa shape index (κ2) is 4.32. The van der Waals surface area contributed by atoms with Crippen LogP contribution in [0.5, 0.6) is 0 Å². The molecule has 0 aliphatic rings. The van der Waals surface area contributed by atoms with Crippen molar-refractivity contribution in [2.75, 3.05) is 0 Å². The van der Waals surface area contributed by atoms with Crippen molar-refractivity contribution in [3.05, 3.63) is 19.6 Å². The monoisotopic (exact) mass is 292 g/mol. The number of hydrogen-bond donors (Lipinski definition) is 0. The van der Waals surface area contributed by atoms with Gasteiger partial charge in [-0.2, -0.15) is 5.41 Å². The molecular formula is C7H13Pt-. The molecule has 1 heteroatoms. The Morgan fingerprint density at radius 2 is 2.00 bits per heavy atom. The van der Waals surface area contributed by atoms with Crippen LogP contribution in [0.1, 0.15) is 20.3 Å². The molecule has 52 valence electrons. The molecule has 0 heterocycles. The van der Waals surface area contributed by atoms with Crippen molar-refractivity contribution in [2.45, 2.75) is 20.3 Å². The van der Waals surface area contributed by atoms with Gasteiger partial charge in [-0.15, -0.1) is 6.58 Å². The second-order valence-electron chi connectivity index (χ2n) is 2.66. The van der Waals surface area contributed by atoms with Gasteiger partial charge in [-0.25, -0.2) is 0 Å². The summed E-state index contributed by atoms with van der Waals surface area (Å²) < 4.78 is 0. The van der Waals surface area contributed by atoms with Gasteiger partial charge in [0.25, 0.3) is 0 Å². The maximum absolute atomic E-state index is 3.89. The van der Waals surface area contributed by atoms with Crippen LogP contribution in [0, 0.1) is 12.3 Å². The maximum atomic E-state index is 3.89. The third-order valence-corrected chi connectivity index (χ3v) is 0.697. The molecule has 0 unspecified atom stereocenters. The first-order valence-corrected chi connectivity index (χ1v) is 2.52. The van der Waals surface area contributed by atoms with Gasteiger partial charge in [0, 0.05) is 21.1 Å². The fraction of sp³-hybridized carbons (Fsp3) is 0.571. The standard InChI is InChI=1S/C7H13.Pt/c1-5-6-7(2,3)4;/h5H,1-2,6H2,3-4H3;/q-1;. The average Bonchev–Trinajstić information content (AvgIpc) is 1.30. The minimum absolute atomic E-state index is 0. The Morgan fingerprint density at radius 3 is 2.00 bits per heavy atom. The van der Waals surface area contributed by atoms with Crippen molar-refractivity contribution < 1.29 is 21.1 Å². The second-order valence-corrected chi connectivity index (χ2v) is 2.66. The zero-order valence-electron chi connectivity index (χ0n) is 5.51. The SMILES string of the molecule is C=CCC([CH2-])(C)C.[Pt]. The smallest absolute Gasteiger partial charge is 0 e. The minimum atomic E-state index is 0. The largest absolute Gasteiger partial charge is 0.337 e. The molecule has 0 atom stereocenters. The van der Waals surface area contributed by atoms with Crippen molar-refractivity contribution in [3.8, 4) is 0 Å². The number of allylic oxidation sites excluding steroid dienone is 1. The molecule has 0 nitrogen and oxygen atoms in total. The molecule has 8 heavy (non-hydrogen) atoms. The van der Waals surface area contributed by atoms with Crippen LogP contribution in [0.15, 0.2) is 12.7 Å². The summed E-state index contributed by atoms with van der Waals surface area (Å²) in [5, 5.41) is 0. The predicted octanol–water partition coefficient (Wildman–Crippen LogP) is 2.42. The van der Waals surface area contributed by atoms with E-state index in [9.17, 15) is 0 Å². The number of hydrogen-bond acceptors (Lipinski definition) is 0. The quantitative estimate of drug-likeness (QED) is 0.542. The van der Waals surface area contributed by atoms with E-state index >= 15 is 0 Å². The van der Waals surface area contributed by atoms with Crippen LogP contribution in [-0.2, 0) is 21.1 Å². The van der Waals surface area contributed by atoms with Crippen LogP contribution >= 0.6 is 0 Å². The van der Waals surface area contributed by atoms with Crippen LogP contribution in [0.3, 0.4) is 0 Å². The van der Waals surface area contributed by atoms with Gasteiger partial charge in [0.1, 0.15) is 0 Å². The molecule has 0 aromatic rings. The molecular weight excluding hydrogens is 279 g/mol. The van der Waals surface area contributed by atoms with Gasteiger partial charge in [-0.1, -0.05) is 26.3 Å². The zero-order chi connectivity index (χ0) is 5.91. The van der Waals surface area contributed by atoms with Crippen molar-refractivity contribution in [1.82, 2.24) is 0 Å². The van der Waals surface area contributed by atoms with E-state index in [-0.39, 0.29) is 26.5 Å². The summed E-state index contributed by atoms with van der Waals surface area (Å²) in [5.41, 5.74) is 0.182. The van der Waals surface area contributed by atoms with E-state index < -0.39 is 0 Å². The van der Waals surface area contributed by atoms with Crippen LogP contribution in [0.25, 0.3) is 0 Å². The molecule has 0 radical (unpaired) electrons. The van der Waals surface area contributed by atoms with E-state index in [0.29, 0.717) is 0 Å². The van der Waals surface area contributed by atoms with Gasteiger partial charge in [-0.05, 0) is 0 Å². The molecule has 0 rings (SSSR count). The normalized spacial score (nSPS) is 9.88. The Kier molecular flexibility index (Phi) is 6.08. The van der Waals surface area contributed by atoms with Gasteiger partial charge in [0.05, 0.1) is 0 Å². The van der Waals surface area contributed by atoms with E-state index in [1.807, 2.05) is 6.08 Å². The molecule has 0 spiro atoms. The topological polar surface area (TPSA) is 0 Å². The van der Waals surface area contributed by atoms with Crippen molar-refractivity contribution >= 4 is 0 Å². The molecule has 0 saturated heterocycles. The first-order valence-electron chi connectivity index (χ1n) is 2.52. The van der Waals surface area contributed by atoms with Gasteiger partial charge >= 0.3 is 0 Å². The van der Waals surface area contributed by atoms with Crippen molar-refractivity contribution in [2.24, 2.45) is 5.41 Å². The molecule has 0 amide bonds. The molecule has 0 bridgehead atoms. The summed E-state index contributed by atoms with van der Waals surface area (Å²) in [6, 6.07) is 0. The minimum Gasteiger partial charge on any atom is -0.337 e. The summed E-state index contributed by atoms with van der Waals surface area (Å²) in [4.78, 5) is 0. The van der Waals surface area contributed by atoms with E-state index in [4.69, 9.17) is 0 Å². The zero-order valence-corrected chi connectivity index (χ0v) is 7.79. The Labute approximate surface area is 66.6 Å². The average molecular weight is 292 g/mol. The van der Waals surface area contributed by atoms with Crippen LogP contribution in [-0.4, -0.2) is 0 Å². The van der Waals surface area contributed by atoms with Gasteiger partial charge in [0.15, 0.2) is 0 Å². The third kappa shape index (κ3) is 9.66. The summed E-state index contributed by atoms with van der Waals surface area (Å²) >= 11 is 0. The Morgan fingerprint density at radius 1 is 1.62 bits per heavy atom. The Bertz CT molecular complexity index is 59.3. The summed E-state index contributed by atoms with van der Waals surface area (Å²) in [7, 11) is 0. The Hall–Kier alpha value is 0.428. The molecule has 0 aliphatic carbocycles. The summed E-state index contributed by atoms with van der Waals surface area (Å²) in [6.45, 7) is 11.7. The molecule has 0 saturated carbocycles. The van der Waals surface area contributed by atoms with Crippen LogP contribution < -0.4 is 0 Å². The molecule has 0 N–H and O–H groups in total. The van der Waals surface area contributed by atoms with Crippen molar-refractivity contribution in [1.29, 1.82) is 0 Å². The molecule has 0 aliphatic heterocycles. The summed E-state index contributed by atoms with van der Waals surface area (Å²) in [5.74, 6) is 0. The Balaban J connectivity index is 0. The first-order chi connectivity index (χ1) is 3.06. The predicted molar refractivity (Wildman–Crippen MR) is 34.0 cm³/mol. The van der Waals surface area contributed by atoms with Gasteiger partial charge < -0.3 is 6.92 Å². The third-order valence-electron chi connectivity index (χ3n) is 0.697. The van der Waals surface area contributed by atoms with Crippen LogP contribution in [0.2, 0.25) is 0 Å². The van der Waals surface area contributed by atoms with E-state index in [0.717, 1.165) is 6.42 Å². The van der Waals surface area contributed by atoms with Crippen molar-refractivity contribution in [3.63, 3.8) is 0 Å². The van der Waals surface area contributed by atoms with E-state index in [2.05, 4.69) is 27.4 Å². The maximum Gasteiger partial charge on any atom is 0 e. The molecule has 0 aromatic heterocycles. The van der Waals surface area contributed by atoms with Gasteiger partial charge in [-0.3, -0.25) is 0 Å². The van der Waals surface area contributed by atoms with E-state index in [1.165, 1.54) is 0 Å². The molecule has 0 fully saturated rings. The fourth-order valence-electron chi connectivity index (χ4n) is 0.391.